The van der Waals surface area contributed by atoms with Crippen LogP contribution in [0.4, 0.5) is 15.9 Å². The predicted octanol–water partition coefficient (Wildman–Crippen LogP) is 2.34. The zero-order valence-corrected chi connectivity index (χ0v) is 15.1. The number of aromatic nitrogens is 3. The van der Waals surface area contributed by atoms with Crippen LogP contribution in [-0.2, 0) is 14.9 Å². The Bertz CT molecular complexity index is 1140. The second-order valence-electron chi connectivity index (χ2n) is 5.52. The number of ether oxygens (including phenoxy) is 1. The fraction of sp³-hybridized carbons (Fsp3) is 0.188. The molecule has 27 heavy (non-hydrogen) atoms. The van der Waals surface area contributed by atoms with Crippen LogP contribution in [0.3, 0.4) is 0 Å². The lowest BCUT2D eigenvalue weighted by Gasteiger charge is -2.10. The summed E-state index contributed by atoms with van der Waals surface area (Å²) in [5.74, 6) is -1.18. The van der Waals surface area contributed by atoms with Crippen molar-refractivity contribution in [2.45, 2.75) is 18.7 Å². The molecule has 11 heteroatoms. The first-order valence-corrected chi connectivity index (χ1v) is 9.22. The van der Waals surface area contributed by atoms with Gasteiger partial charge in [0.2, 0.25) is 0 Å². The summed E-state index contributed by atoms with van der Waals surface area (Å²) in [5, 5.41) is 6.92. The highest BCUT2D eigenvalue weighted by Gasteiger charge is 2.30. The van der Waals surface area contributed by atoms with E-state index in [1.54, 1.807) is 13.8 Å². The highest BCUT2D eigenvalue weighted by atomic mass is 32.2. The molecule has 0 atom stereocenters. The zero-order chi connectivity index (χ0) is 19.8. The lowest BCUT2D eigenvalue weighted by Crippen LogP contribution is -2.11. The minimum absolute atomic E-state index is 0.00900. The Balaban J connectivity index is 2.20. The summed E-state index contributed by atoms with van der Waals surface area (Å²) in [7, 11) is -4.81. The van der Waals surface area contributed by atoms with Gasteiger partial charge in [-0.05, 0) is 43.7 Å². The van der Waals surface area contributed by atoms with Crippen LogP contribution in [0.1, 0.15) is 23.0 Å². The second kappa shape index (κ2) is 6.93. The van der Waals surface area contributed by atoms with Crippen molar-refractivity contribution in [2.75, 3.05) is 11.9 Å². The molecule has 3 rings (SSSR count). The van der Waals surface area contributed by atoms with Gasteiger partial charge in [-0.15, -0.1) is 0 Å². The Labute approximate surface area is 153 Å². The van der Waals surface area contributed by atoms with E-state index in [9.17, 15) is 22.2 Å². The van der Waals surface area contributed by atoms with E-state index < -0.39 is 32.5 Å². The zero-order valence-electron chi connectivity index (χ0n) is 14.3. The van der Waals surface area contributed by atoms with Crippen molar-refractivity contribution in [3.63, 3.8) is 0 Å². The predicted molar refractivity (Wildman–Crippen MR) is 93.2 cm³/mol. The first kappa shape index (κ1) is 18.7. The number of benzene rings is 1. The van der Waals surface area contributed by atoms with E-state index in [2.05, 4.69) is 15.4 Å². The van der Waals surface area contributed by atoms with E-state index in [1.165, 1.54) is 30.5 Å². The van der Waals surface area contributed by atoms with Gasteiger partial charge in [0.1, 0.15) is 11.6 Å². The summed E-state index contributed by atoms with van der Waals surface area (Å²) in [5.41, 5.74) is 0.278. The van der Waals surface area contributed by atoms with Crippen molar-refractivity contribution in [1.82, 2.24) is 14.6 Å². The van der Waals surface area contributed by atoms with Crippen LogP contribution in [0.5, 0.6) is 0 Å². The topological polar surface area (TPSA) is 123 Å². The van der Waals surface area contributed by atoms with Gasteiger partial charge in [-0.1, -0.05) is 0 Å². The summed E-state index contributed by atoms with van der Waals surface area (Å²) in [6.07, 6.45) is 1.28. The van der Waals surface area contributed by atoms with E-state index in [1.807, 2.05) is 0 Å². The molecule has 0 fully saturated rings. The molecule has 0 saturated carbocycles. The Morgan fingerprint density at radius 3 is 2.74 bits per heavy atom. The molecule has 0 aliphatic carbocycles. The molecule has 0 amide bonds. The maximum Gasteiger partial charge on any atom is 0.360 e. The van der Waals surface area contributed by atoms with Crippen LogP contribution in [0, 0.1) is 12.7 Å². The molecular formula is C16H15FN4O5S. The molecule has 9 nitrogen and oxygen atoms in total. The number of aryl methyl sites for hydroxylation is 1. The average molecular weight is 394 g/mol. The van der Waals surface area contributed by atoms with E-state index >= 15 is 0 Å². The summed E-state index contributed by atoms with van der Waals surface area (Å²) >= 11 is 0. The molecule has 0 unspecified atom stereocenters. The van der Waals surface area contributed by atoms with Gasteiger partial charge >= 0.3 is 16.1 Å². The maximum absolute atomic E-state index is 13.3. The van der Waals surface area contributed by atoms with Crippen molar-refractivity contribution in [1.29, 1.82) is 0 Å². The molecule has 0 bridgehead atoms. The monoisotopic (exact) mass is 394 g/mol. The van der Waals surface area contributed by atoms with E-state index in [4.69, 9.17) is 4.74 Å². The minimum Gasteiger partial charge on any atom is -0.461 e. The SMILES string of the molecule is CCOC(=O)c1nn2c(Nc3ccc(F)cc3C)ccnc2c1S(=O)(=O)O. The number of esters is 1. The summed E-state index contributed by atoms with van der Waals surface area (Å²) in [6, 6.07) is 5.55. The Morgan fingerprint density at radius 1 is 1.37 bits per heavy atom. The number of hydrogen-bond acceptors (Lipinski definition) is 7. The lowest BCUT2D eigenvalue weighted by molar-refractivity contribution is 0.0514. The molecule has 2 aromatic heterocycles. The van der Waals surface area contributed by atoms with Crippen molar-refractivity contribution in [3.05, 3.63) is 47.5 Å². The number of hydrogen-bond donors (Lipinski definition) is 2. The number of nitrogens with one attached hydrogen (secondary N) is 1. The quantitative estimate of drug-likeness (QED) is 0.499. The summed E-state index contributed by atoms with van der Waals surface area (Å²) in [4.78, 5) is 15.2. The third kappa shape index (κ3) is 3.59. The Kier molecular flexibility index (Phi) is 4.81. The average Bonchev–Trinajstić information content (AvgIpc) is 2.98. The number of carbonyl (C=O) groups is 1. The van der Waals surface area contributed by atoms with Gasteiger partial charge in [0.15, 0.2) is 16.2 Å². The van der Waals surface area contributed by atoms with Crippen LogP contribution >= 0.6 is 0 Å². The van der Waals surface area contributed by atoms with Gasteiger partial charge in [0.05, 0.1) is 6.61 Å². The standard InChI is InChI=1S/C16H15FN4O5S/c1-3-26-16(22)13-14(27(23,24)25)15-18-7-6-12(21(15)20-13)19-11-5-4-10(17)8-9(11)2/h4-8,19H,3H2,1-2H3,(H,23,24,25). The van der Waals surface area contributed by atoms with Gasteiger partial charge in [0, 0.05) is 11.9 Å². The van der Waals surface area contributed by atoms with Gasteiger partial charge in [0.25, 0.3) is 0 Å². The fourth-order valence-corrected chi connectivity index (χ4v) is 3.23. The molecule has 2 N–H and O–H groups in total. The number of fused-ring (bicyclic) bond motifs is 1. The summed E-state index contributed by atoms with van der Waals surface area (Å²) < 4.78 is 52.3. The Morgan fingerprint density at radius 2 is 2.11 bits per heavy atom. The lowest BCUT2D eigenvalue weighted by atomic mass is 10.2. The van der Waals surface area contributed by atoms with E-state index in [0.717, 1.165) is 4.52 Å². The smallest absolute Gasteiger partial charge is 0.360 e. The van der Waals surface area contributed by atoms with Gasteiger partial charge in [-0.3, -0.25) is 4.55 Å². The molecule has 1 aromatic carbocycles. The van der Waals surface area contributed by atoms with Gasteiger partial charge < -0.3 is 10.1 Å². The second-order valence-corrected chi connectivity index (χ2v) is 6.88. The van der Waals surface area contributed by atoms with Crippen LogP contribution in [0.25, 0.3) is 5.65 Å². The number of rotatable bonds is 5. The largest absolute Gasteiger partial charge is 0.461 e. The molecule has 0 saturated heterocycles. The molecular weight excluding hydrogens is 379 g/mol. The van der Waals surface area contributed by atoms with Gasteiger partial charge in [-0.2, -0.15) is 18.0 Å². The highest BCUT2D eigenvalue weighted by Crippen LogP contribution is 2.26. The number of nitrogens with zero attached hydrogens (tertiary/aromatic N) is 3. The van der Waals surface area contributed by atoms with Crippen LogP contribution in [-0.4, -0.2) is 40.1 Å². The van der Waals surface area contributed by atoms with Crippen LogP contribution in [0.2, 0.25) is 0 Å². The van der Waals surface area contributed by atoms with Crippen LogP contribution in [0.15, 0.2) is 35.4 Å². The molecule has 2 heterocycles. The molecule has 3 aromatic rings. The maximum atomic E-state index is 13.3. The summed E-state index contributed by atoms with van der Waals surface area (Å²) in [6.45, 7) is 3.22. The normalized spacial score (nSPS) is 11.6. The molecule has 0 aliphatic rings. The third-order valence-electron chi connectivity index (χ3n) is 3.65. The number of anilines is 2. The van der Waals surface area contributed by atoms with Crippen molar-refractivity contribution < 1.29 is 26.9 Å². The van der Waals surface area contributed by atoms with E-state index in [0.29, 0.717) is 11.3 Å². The van der Waals surface area contributed by atoms with Crippen molar-refractivity contribution >= 4 is 33.2 Å². The first-order chi connectivity index (χ1) is 12.7. The third-order valence-corrected chi connectivity index (χ3v) is 4.55. The van der Waals surface area contributed by atoms with Crippen LogP contribution < -0.4 is 5.32 Å². The number of halogens is 1. The molecule has 142 valence electrons. The molecule has 0 radical (unpaired) electrons. The fourth-order valence-electron chi connectivity index (χ4n) is 2.50. The Hall–Kier alpha value is -3.05. The highest BCUT2D eigenvalue weighted by molar-refractivity contribution is 7.86. The van der Waals surface area contributed by atoms with Crippen molar-refractivity contribution in [2.24, 2.45) is 0 Å². The minimum atomic E-state index is -4.81. The number of carbonyl (C=O) groups excluding carboxylic acids is 1. The van der Waals surface area contributed by atoms with Crippen molar-refractivity contribution in [3.8, 4) is 0 Å². The van der Waals surface area contributed by atoms with E-state index in [-0.39, 0.29) is 18.1 Å². The first-order valence-electron chi connectivity index (χ1n) is 7.78. The molecule has 0 spiro atoms. The van der Waals surface area contributed by atoms with Gasteiger partial charge in [-0.25, -0.2) is 14.2 Å². The molecule has 0 aliphatic heterocycles.